The normalized spacial score (nSPS) is 10.8. The zero-order valence-electron chi connectivity index (χ0n) is 13.5. The molecule has 0 radical (unpaired) electrons. The van der Waals surface area contributed by atoms with Gasteiger partial charge in [-0.05, 0) is 24.3 Å². The summed E-state index contributed by atoms with van der Waals surface area (Å²) < 4.78 is 27.9. The van der Waals surface area contributed by atoms with Crippen LogP contribution in [0.25, 0.3) is 0 Å². The Hall–Kier alpha value is -3.27. The van der Waals surface area contributed by atoms with E-state index in [-0.39, 0.29) is 5.56 Å². The van der Waals surface area contributed by atoms with E-state index in [4.69, 9.17) is 4.74 Å². The van der Waals surface area contributed by atoms with Gasteiger partial charge in [0.25, 0.3) is 11.6 Å². The number of nitro groups is 1. The van der Waals surface area contributed by atoms with E-state index in [1.807, 2.05) is 0 Å². The minimum Gasteiger partial charge on any atom is -0.452 e. The molecular formula is C16H14N2O7S. The van der Waals surface area contributed by atoms with Crippen LogP contribution in [0.15, 0.2) is 53.4 Å². The summed E-state index contributed by atoms with van der Waals surface area (Å²) in [4.78, 5) is 33.3. The number of benzene rings is 2. The molecule has 0 aliphatic heterocycles. The largest absolute Gasteiger partial charge is 0.452 e. The molecule has 0 aromatic heterocycles. The summed E-state index contributed by atoms with van der Waals surface area (Å²) >= 11 is 0. The first-order valence-electron chi connectivity index (χ1n) is 7.19. The summed E-state index contributed by atoms with van der Waals surface area (Å²) in [7, 11) is -3.84. The summed E-state index contributed by atoms with van der Waals surface area (Å²) in [5.41, 5.74) is -0.464. The van der Waals surface area contributed by atoms with E-state index in [0.717, 1.165) is 24.5 Å². The van der Waals surface area contributed by atoms with Crippen molar-refractivity contribution in [3.8, 4) is 0 Å². The van der Waals surface area contributed by atoms with Crippen molar-refractivity contribution in [2.45, 2.75) is 4.90 Å². The van der Waals surface area contributed by atoms with Gasteiger partial charge >= 0.3 is 5.97 Å². The van der Waals surface area contributed by atoms with Crippen LogP contribution in [0, 0.1) is 10.1 Å². The van der Waals surface area contributed by atoms with E-state index in [0.29, 0.717) is 5.69 Å². The van der Waals surface area contributed by atoms with Gasteiger partial charge < -0.3 is 10.1 Å². The molecule has 10 heteroatoms. The van der Waals surface area contributed by atoms with Gasteiger partial charge in [0.05, 0.1) is 10.5 Å². The Bertz CT molecular complexity index is 956. The summed E-state index contributed by atoms with van der Waals surface area (Å²) in [6, 6.07) is 11.3. The zero-order chi connectivity index (χ0) is 19.3. The van der Waals surface area contributed by atoms with Crippen LogP contribution in [0.1, 0.15) is 10.4 Å². The average molecular weight is 378 g/mol. The standard InChI is InChI=1S/C16H14N2O7S/c1-26(23,24)14-8-7-11(9-13(14)18(21)22)16(20)25-10-15(19)17-12-5-3-2-4-6-12/h2-9H,10H2,1H3,(H,17,19). The van der Waals surface area contributed by atoms with Gasteiger partial charge in [0.1, 0.15) is 4.90 Å². The number of nitrogens with one attached hydrogen (secondary N) is 1. The molecule has 0 bridgehead atoms. The molecule has 2 aromatic rings. The number of para-hydroxylation sites is 1. The Morgan fingerprint density at radius 3 is 2.38 bits per heavy atom. The average Bonchev–Trinajstić information content (AvgIpc) is 2.59. The highest BCUT2D eigenvalue weighted by Crippen LogP contribution is 2.25. The molecule has 136 valence electrons. The maximum atomic E-state index is 12.0. The quantitative estimate of drug-likeness (QED) is 0.460. The van der Waals surface area contributed by atoms with Gasteiger partial charge in [0.15, 0.2) is 16.4 Å². The van der Waals surface area contributed by atoms with Crippen LogP contribution in [0.5, 0.6) is 0 Å². The Balaban J connectivity index is 2.09. The molecule has 9 nitrogen and oxygen atoms in total. The number of amides is 1. The number of esters is 1. The summed E-state index contributed by atoms with van der Waals surface area (Å²) in [6.45, 7) is -0.602. The Morgan fingerprint density at radius 1 is 1.15 bits per heavy atom. The highest BCUT2D eigenvalue weighted by Gasteiger charge is 2.24. The fraction of sp³-hybridized carbons (Fsp3) is 0.125. The van der Waals surface area contributed by atoms with Gasteiger partial charge in [-0.1, -0.05) is 18.2 Å². The number of nitrogens with zero attached hydrogens (tertiary/aromatic N) is 1. The van der Waals surface area contributed by atoms with E-state index in [1.54, 1.807) is 30.3 Å². The number of hydrogen-bond donors (Lipinski definition) is 1. The SMILES string of the molecule is CS(=O)(=O)c1ccc(C(=O)OCC(=O)Nc2ccccc2)cc1[N+](=O)[O-]. The Morgan fingerprint density at radius 2 is 1.81 bits per heavy atom. The molecule has 0 unspecified atom stereocenters. The molecule has 0 aliphatic carbocycles. The van der Waals surface area contributed by atoms with E-state index < -0.39 is 43.8 Å². The van der Waals surface area contributed by atoms with Crippen LogP contribution in [0.3, 0.4) is 0 Å². The predicted molar refractivity (Wildman–Crippen MR) is 91.6 cm³/mol. The lowest BCUT2D eigenvalue weighted by atomic mass is 10.2. The molecule has 1 N–H and O–H groups in total. The van der Waals surface area contributed by atoms with Crippen molar-refractivity contribution < 1.29 is 27.7 Å². The van der Waals surface area contributed by atoms with E-state index in [9.17, 15) is 28.1 Å². The minimum absolute atomic E-state index is 0.239. The number of anilines is 1. The second-order valence-corrected chi connectivity index (χ2v) is 7.19. The molecule has 0 fully saturated rings. The molecular weight excluding hydrogens is 364 g/mol. The first kappa shape index (κ1) is 19.1. The van der Waals surface area contributed by atoms with Crippen LogP contribution in [0.2, 0.25) is 0 Å². The van der Waals surface area contributed by atoms with Crippen molar-refractivity contribution in [3.63, 3.8) is 0 Å². The molecule has 0 saturated carbocycles. The number of nitro benzene ring substituents is 1. The van der Waals surface area contributed by atoms with Crippen LogP contribution >= 0.6 is 0 Å². The summed E-state index contributed by atoms with van der Waals surface area (Å²) in [5.74, 6) is -1.58. The minimum atomic E-state index is -3.84. The Kier molecular flexibility index (Phi) is 5.68. The number of sulfone groups is 1. The van der Waals surface area contributed by atoms with Crippen molar-refractivity contribution in [1.82, 2.24) is 0 Å². The maximum Gasteiger partial charge on any atom is 0.338 e. The number of hydrogen-bond acceptors (Lipinski definition) is 7. The van der Waals surface area contributed by atoms with E-state index in [1.165, 1.54) is 0 Å². The van der Waals surface area contributed by atoms with Crippen LogP contribution < -0.4 is 5.32 Å². The smallest absolute Gasteiger partial charge is 0.338 e. The number of rotatable bonds is 6. The number of ether oxygens (including phenoxy) is 1. The molecule has 2 aromatic carbocycles. The van der Waals surface area contributed by atoms with Crippen molar-refractivity contribution in [1.29, 1.82) is 0 Å². The summed E-state index contributed by atoms with van der Waals surface area (Å²) in [6.07, 6.45) is 0.821. The van der Waals surface area contributed by atoms with Crippen molar-refractivity contribution in [2.75, 3.05) is 18.2 Å². The third-order valence-corrected chi connectivity index (χ3v) is 4.33. The predicted octanol–water partition coefficient (Wildman–Crippen LogP) is 1.79. The van der Waals surface area contributed by atoms with Crippen LogP contribution in [-0.4, -0.2) is 38.1 Å². The Labute approximate surface area is 148 Å². The van der Waals surface area contributed by atoms with Gasteiger partial charge in [-0.15, -0.1) is 0 Å². The highest BCUT2D eigenvalue weighted by atomic mass is 32.2. The van der Waals surface area contributed by atoms with Gasteiger partial charge in [0.2, 0.25) is 0 Å². The van der Waals surface area contributed by atoms with Gasteiger partial charge in [-0.3, -0.25) is 14.9 Å². The third kappa shape index (κ3) is 4.86. The first-order valence-corrected chi connectivity index (χ1v) is 9.08. The number of carbonyl (C=O) groups excluding carboxylic acids is 2. The molecule has 26 heavy (non-hydrogen) atoms. The number of carbonyl (C=O) groups is 2. The lowest BCUT2D eigenvalue weighted by Gasteiger charge is -2.07. The van der Waals surface area contributed by atoms with Crippen molar-refractivity contribution in [2.24, 2.45) is 0 Å². The van der Waals surface area contributed by atoms with Crippen LogP contribution in [-0.2, 0) is 19.4 Å². The maximum absolute atomic E-state index is 12.0. The van der Waals surface area contributed by atoms with Gasteiger partial charge in [0, 0.05) is 18.0 Å². The van der Waals surface area contributed by atoms with Crippen LogP contribution in [0.4, 0.5) is 11.4 Å². The zero-order valence-corrected chi connectivity index (χ0v) is 14.4. The molecule has 1 amide bonds. The fourth-order valence-electron chi connectivity index (χ4n) is 2.03. The molecule has 0 heterocycles. The molecule has 0 aliphatic rings. The fourth-order valence-corrected chi connectivity index (χ4v) is 2.86. The van der Waals surface area contributed by atoms with Crippen molar-refractivity contribution in [3.05, 3.63) is 64.2 Å². The third-order valence-electron chi connectivity index (χ3n) is 3.18. The monoisotopic (exact) mass is 378 g/mol. The van der Waals surface area contributed by atoms with E-state index >= 15 is 0 Å². The molecule has 0 spiro atoms. The first-order chi connectivity index (χ1) is 12.2. The van der Waals surface area contributed by atoms with E-state index in [2.05, 4.69) is 5.32 Å². The second kappa shape index (κ2) is 7.74. The lowest BCUT2D eigenvalue weighted by Crippen LogP contribution is -2.21. The molecule has 0 saturated heterocycles. The summed E-state index contributed by atoms with van der Waals surface area (Å²) in [5, 5.41) is 13.5. The lowest BCUT2D eigenvalue weighted by molar-refractivity contribution is -0.387. The van der Waals surface area contributed by atoms with Gasteiger partial charge in [-0.2, -0.15) is 0 Å². The molecule has 2 rings (SSSR count). The molecule has 0 atom stereocenters. The highest BCUT2D eigenvalue weighted by molar-refractivity contribution is 7.90. The van der Waals surface area contributed by atoms with Gasteiger partial charge in [-0.25, -0.2) is 13.2 Å². The van der Waals surface area contributed by atoms with Crippen molar-refractivity contribution >= 4 is 33.1 Å². The second-order valence-electron chi connectivity index (χ2n) is 5.20. The topological polar surface area (TPSA) is 133 Å².